The van der Waals surface area contributed by atoms with Gasteiger partial charge in [-0.3, -0.25) is 9.69 Å². The Bertz CT molecular complexity index is 1140. The van der Waals surface area contributed by atoms with E-state index in [9.17, 15) is 14.7 Å². The van der Waals surface area contributed by atoms with Crippen molar-refractivity contribution in [1.82, 2.24) is 24.4 Å². The SMILES string of the molecule is C[C@@H](c1nc2cccc(Cl)c2c(=O)n1-c1cnc(N)cn1)N(C(=O)O)C(C)(C)C. The quantitative estimate of drug-likeness (QED) is 0.670. The third-order valence-corrected chi connectivity index (χ3v) is 4.76. The normalized spacial score (nSPS) is 12.7. The van der Waals surface area contributed by atoms with Crippen LogP contribution in [-0.4, -0.2) is 41.2 Å². The van der Waals surface area contributed by atoms with Crippen LogP contribution in [0.2, 0.25) is 5.02 Å². The van der Waals surface area contributed by atoms with E-state index in [2.05, 4.69) is 15.0 Å². The van der Waals surface area contributed by atoms with E-state index in [-0.39, 0.29) is 27.9 Å². The maximum Gasteiger partial charge on any atom is 0.408 e. The van der Waals surface area contributed by atoms with Crippen LogP contribution in [0.5, 0.6) is 0 Å². The van der Waals surface area contributed by atoms with E-state index in [0.29, 0.717) is 5.52 Å². The molecule has 152 valence electrons. The highest BCUT2D eigenvalue weighted by molar-refractivity contribution is 6.35. The zero-order valence-corrected chi connectivity index (χ0v) is 17.2. The van der Waals surface area contributed by atoms with Gasteiger partial charge in [-0.15, -0.1) is 0 Å². The van der Waals surface area contributed by atoms with Crippen molar-refractivity contribution >= 4 is 34.4 Å². The Kier molecular flexibility index (Phi) is 5.18. The van der Waals surface area contributed by atoms with Crippen molar-refractivity contribution in [2.75, 3.05) is 5.73 Å². The Hall–Kier alpha value is -3.20. The zero-order valence-electron chi connectivity index (χ0n) is 16.4. The molecule has 0 unspecified atom stereocenters. The number of halogens is 1. The summed E-state index contributed by atoms with van der Waals surface area (Å²) < 4.78 is 1.23. The first-order valence-corrected chi connectivity index (χ1v) is 9.21. The number of hydrogen-bond donors (Lipinski definition) is 2. The van der Waals surface area contributed by atoms with Gasteiger partial charge in [-0.2, -0.15) is 0 Å². The van der Waals surface area contributed by atoms with E-state index in [0.717, 1.165) is 0 Å². The van der Waals surface area contributed by atoms with Crippen LogP contribution in [0.3, 0.4) is 0 Å². The predicted octanol–water partition coefficient (Wildman–Crippen LogP) is 3.25. The molecule has 0 fully saturated rings. The van der Waals surface area contributed by atoms with Gasteiger partial charge in [-0.05, 0) is 39.8 Å². The lowest BCUT2D eigenvalue weighted by atomic mass is 10.0. The molecule has 0 aliphatic heterocycles. The summed E-state index contributed by atoms with van der Waals surface area (Å²) >= 11 is 6.25. The summed E-state index contributed by atoms with van der Waals surface area (Å²) in [6.07, 6.45) is 1.51. The molecule has 0 bridgehead atoms. The van der Waals surface area contributed by atoms with Crippen molar-refractivity contribution in [3.05, 3.63) is 51.8 Å². The third kappa shape index (κ3) is 3.73. The number of nitrogens with two attached hydrogens (primary N) is 1. The van der Waals surface area contributed by atoms with Gasteiger partial charge in [-0.25, -0.2) is 24.3 Å². The second-order valence-corrected chi connectivity index (χ2v) is 7.95. The molecule has 2 aromatic heterocycles. The Morgan fingerprint density at radius 2 is 1.97 bits per heavy atom. The molecular formula is C19H21ClN6O3. The average Bonchev–Trinajstić information content (AvgIpc) is 2.61. The molecule has 0 aliphatic rings. The van der Waals surface area contributed by atoms with Gasteiger partial charge in [0.15, 0.2) is 5.82 Å². The second-order valence-electron chi connectivity index (χ2n) is 7.54. The highest BCUT2D eigenvalue weighted by Crippen LogP contribution is 2.29. The van der Waals surface area contributed by atoms with Crippen molar-refractivity contribution in [2.45, 2.75) is 39.3 Å². The second kappa shape index (κ2) is 7.32. The number of nitrogens with zero attached hydrogens (tertiary/aromatic N) is 5. The molecule has 0 aliphatic carbocycles. The zero-order chi connectivity index (χ0) is 21.5. The van der Waals surface area contributed by atoms with Gasteiger partial charge < -0.3 is 10.8 Å². The maximum atomic E-state index is 13.4. The summed E-state index contributed by atoms with van der Waals surface area (Å²) in [7, 11) is 0. The molecule has 1 atom stereocenters. The topological polar surface area (TPSA) is 127 Å². The first-order chi connectivity index (χ1) is 13.5. The van der Waals surface area contributed by atoms with Crippen LogP contribution in [0.25, 0.3) is 16.7 Å². The van der Waals surface area contributed by atoms with Crippen molar-refractivity contribution in [2.24, 2.45) is 0 Å². The molecule has 3 aromatic rings. The molecular weight excluding hydrogens is 396 g/mol. The van der Waals surface area contributed by atoms with E-state index in [1.54, 1.807) is 45.9 Å². The lowest BCUT2D eigenvalue weighted by molar-refractivity contribution is 0.0719. The largest absolute Gasteiger partial charge is 0.465 e. The molecule has 1 aromatic carbocycles. The van der Waals surface area contributed by atoms with E-state index in [4.69, 9.17) is 17.3 Å². The molecule has 3 N–H and O–H groups in total. The summed E-state index contributed by atoms with van der Waals surface area (Å²) in [5.74, 6) is 0.547. The van der Waals surface area contributed by atoms with Gasteiger partial charge in [0, 0.05) is 5.54 Å². The van der Waals surface area contributed by atoms with Gasteiger partial charge in [-0.1, -0.05) is 17.7 Å². The smallest absolute Gasteiger partial charge is 0.408 e. The van der Waals surface area contributed by atoms with Crippen LogP contribution in [-0.2, 0) is 0 Å². The number of benzene rings is 1. The number of carbonyl (C=O) groups is 1. The van der Waals surface area contributed by atoms with Gasteiger partial charge >= 0.3 is 6.09 Å². The van der Waals surface area contributed by atoms with Gasteiger partial charge in [0.05, 0.1) is 34.4 Å². The summed E-state index contributed by atoms with van der Waals surface area (Å²) in [5.41, 5.74) is 4.76. The summed E-state index contributed by atoms with van der Waals surface area (Å²) in [6.45, 7) is 6.96. The molecule has 29 heavy (non-hydrogen) atoms. The Labute approximate surface area is 171 Å². The molecule has 2 heterocycles. The monoisotopic (exact) mass is 416 g/mol. The lowest BCUT2D eigenvalue weighted by Gasteiger charge is -2.38. The number of fused-ring (bicyclic) bond motifs is 1. The standard InChI is InChI=1S/C19H21ClN6O3/c1-10(26(18(28)29)19(2,3)4)16-24-12-7-5-6-11(20)15(12)17(27)25(16)14-9-22-13(21)8-23-14/h5-10H,1-4H3,(H2,21,22)(H,28,29)/t10-/m0/s1. The fraction of sp³-hybridized carbons (Fsp3) is 0.316. The third-order valence-electron chi connectivity index (χ3n) is 4.45. The number of anilines is 1. The summed E-state index contributed by atoms with van der Waals surface area (Å²) in [5, 5.41) is 10.3. The highest BCUT2D eigenvalue weighted by atomic mass is 35.5. The summed E-state index contributed by atoms with van der Waals surface area (Å²) in [6, 6.07) is 4.15. The Morgan fingerprint density at radius 1 is 1.28 bits per heavy atom. The van der Waals surface area contributed by atoms with Crippen molar-refractivity contribution in [1.29, 1.82) is 0 Å². The first kappa shape index (κ1) is 20.5. The molecule has 10 heteroatoms. The van der Waals surface area contributed by atoms with Gasteiger partial charge in [0.2, 0.25) is 0 Å². The van der Waals surface area contributed by atoms with Crippen LogP contribution < -0.4 is 11.3 Å². The molecule has 3 rings (SSSR count). The molecule has 0 radical (unpaired) electrons. The molecule has 9 nitrogen and oxygen atoms in total. The van der Waals surface area contributed by atoms with E-state index < -0.39 is 23.2 Å². The van der Waals surface area contributed by atoms with Crippen LogP contribution in [0, 0.1) is 0 Å². The van der Waals surface area contributed by atoms with Crippen molar-refractivity contribution < 1.29 is 9.90 Å². The Morgan fingerprint density at radius 3 is 2.52 bits per heavy atom. The van der Waals surface area contributed by atoms with Gasteiger partial charge in [0.1, 0.15) is 11.6 Å². The van der Waals surface area contributed by atoms with E-state index in [1.165, 1.54) is 21.9 Å². The van der Waals surface area contributed by atoms with Crippen LogP contribution in [0.15, 0.2) is 35.4 Å². The minimum Gasteiger partial charge on any atom is -0.465 e. The molecule has 0 spiro atoms. The highest BCUT2D eigenvalue weighted by Gasteiger charge is 2.34. The molecule has 1 amide bonds. The number of amides is 1. The minimum absolute atomic E-state index is 0.166. The van der Waals surface area contributed by atoms with E-state index in [1.807, 2.05) is 0 Å². The minimum atomic E-state index is -1.14. The number of rotatable bonds is 3. The van der Waals surface area contributed by atoms with E-state index >= 15 is 0 Å². The van der Waals surface area contributed by atoms with Crippen LogP contribution in [0.1, 0.15) is 39.6 Å². The Balaban J connectivity index is 2.39. The number of aromatic nitrogens is 4. The number of nitrogen functional groups attached to an aromatic ring is 1. The first-order valence-electron chi connectivity index (χ1n) is 8.83. The van der Waals surface area contributed by atoms with Crippen molar-refractivity contribution in [3.63, 3.8) is 0 Å². The fourth-order valence-corrected chi connectivity index (χ4v) is 3.55. The van der Waals surface area contributed by atoms with Crippen LogP contribution in [0.4, 0.5) is 10.6 Å². The van der Waals surface area contributed by atoms with Crippen molar-refractivity contribution in [3.8, 4) is 5.82 Å². The fourth-order valence-electron chi connectivity index (χ4n) is 3.30. The average molecular weight is 417 g/mol. The summed E-state index contributed by atoms with van der Waals surface area (Å²) in [4.78, 5) is 39.4. The number of hydrogen-bond acceptors (Lipinski definition) is 6. The maximum absolute atomic E-state index is 13.4. The predicted molar refractivity (Wildman–Crippen MR) is 110 cm³/mol. The molecule has 0 saturated heterocycles. The van der Waals surface area contributed by atoms with Crippen LogP contribution >= 0.6 is 11.6 Å². The van der Waals surface area contributed by atoms with Gasteiger partial charge in [0.25, 0.3) is 5.56 Å². The molecule has 0 saturated carbocycles. The lowest BCUT2D eigenvalue weighted by Crippen LogP contribution is -2.47. The number of carboxylic acid groups (broad SMARTS) is 1.